The number of piperazine rings is 1. The molecule has 1 aromatic heterocycles. The normalized spacial score (nSPS) is 14.9. The van der Waals surface area contributed by atoms with Crippen molar-refractivity contribution in [3.8, 4) is 0 Å². The number of amides is 3. The maximum Gasteiger partial charge on any atom is 0.409 e. The molecule has 1 aromatic rings. The van der Waals surface area contributed by atoms with Crippen LogP contribution in [0.1, 0.15) is 17.6 Å². The summed E-state index contributed by atoms with van der Waals surface area (Å²) in [6, 6.07) is 0. The SMILES string of the molecule is CCOC(=O)N1CCN(CC(=O)NNC(=O)Cc2nc(C)cs2)CC1. The molecule has 3 amide bonds. The van der Waals surface area contributed by atoms with Gasteiger partial charge in [-0.25, -0.2) is 9.78 Å². The predicted octanol–water partition coefficient (Wildman–Crippen LogP) is -0.0845. The number of carbonyl (C=O) groups is 3. The molecule has 1 aliphatic heterocycles. The number of hydrazine groups is 1. The average molecular weight is 369 g/mol. The third-order valence-corrected chi connectivity index (χ3v) is 4.55. The lowest BCUT2D eigenvalue weighted by Gasteiger charge is -2.33. The molecule has 0 bridgehead atoms. The zero-order valence-corrected chi connectivity index (χ0v) is 15.2. The van der Waals surface area contributed by atoms with Crippen LogP contribution in [-0.4, -0.2) is 72.0 Å². The first-order chi connectivity index (χ1) is 12.0. The van der Waals surface area contributed by atoms with Gasteiger partial charge in [-0.2, -0.15) is 0 Å². The molecule has 0 aliphatic carbocycles. The van der Waals surface area contributed by atoms with Gasteiger partial charge in [0.2, 0.25) is 5.91 Å². The van der Waals surface area contributed by atoms with Crippen molar-refractivity contribution in [3.05, 3.63) is 16.1 Å². The van der Waals surface area contributed by atoms with E-state index in [0.717, 1.165) is 5.69 Å². The Labute approximate surface area is 150 Å². The van der Waals surface area contributed by atoms with Crippen LogP contribution >= 0.6 is 11.3 Å². The van der Waals surface area contributed by atoms with E-state index in [0.29, 0.717) is 37.8 Å². The number of carbonyl (C=O) groups excluding carboxylic acids is 3. The Morgan fingerprint density at radius 1 is 1.20 bits per heavy atom. The first-order valence-electron chi connectivity index (χ1n) is 8.10. The third kappa shape index (κ3) is 6.31. The van der Waals surface area contributed by atoms with Crippen LogP contribution in [0.3, 0.4) is 0 Å². The summed E-state index contributed by atoms with van der Waals surface area (Å²) < 4.78 is 4.95. The standard InChI is InChI=1S/C15H23N5O4S/c1-3-24-15(23)20-6-4-19(5-7-20)9-13(22)18-17-12(21)8-14-16-11(2)10-25-14/h10H,3-9H2,1-2H3,(H,17,21)(H,18,22). The van der Waals surface area contributed by atoms with Crippen molar-refractivity contribution >= 4 is 29.2 Å². The number of aromatic nitrogens is 1. The number of hydrogen-bond donors (Lipinski definition) is 2. The third-order valence-electron chi connectivity index (χ3n) is 3.59. The van der Waals surface area contributed by atoms with Crippen molar-refractivity contribution in [3.63, 3.8) is 0 Å². The molecule has 0 saturated carbocycles. The van der Waals surface area contributed by atoms with E-state index in [1.165, 1.54) is 11.3 Å². The Morgan fingerprint density at radius 3 is 2.48 bits per heavy atom. The van der Waals surface area contributed by atoms with Crippen LogP contribution in [0.4, 0.5) is 4.79 Å². The van der Waals surface area contributed by atoms with Crippen molar-refractivity contribution in [2.75, 3.05) is 39.3 Å². The highest BCUT2D eigenvalue weighted by atomic mass is 32.1. The Bertz CT molecular complexity index is 613. The maximum absolute atomic E-state index is 11.9. The van der Waals surface area contributed by atoms with Gasteiger partial charge in [-0.15, -0.1) is 11.3 Å². The monoisotopic (exact) mass is 369 g/mol. The average Bonchev–Trinajstić information content (AvgIpc) is 2.99. The molecule has 2 N–H and O–H groups in total. The smallest absolute Gasteiger partial charge is 0.409 e. The van der Waals surface area contributed by atoms with Crippen molar-refractivity contribution in [2.45, 2.75) is 20.3 Å². The molecule has 0 atom stereocenters. The van der Waals surface area contributed by atoms with Gasteiger partial charge in [0.25, 0.3) is 5.91 Å². The fraction of sp³-hybridized carbons (Fsp3) is 0.600. The minimum atomic E-state index is -0.323. The van der Waals surface area contributed by atoms with Gasteiger partial charge in [-0.3, -0.25) is 25.3 Å². The van der Waals surface area contributed by atoms with Crippen molar-refractivity contribution in [1.82, 2.24) is 25.6 Å². The lowest BCUT2D eigenvalue weighted by atomic mass is 10.3. The highest BCUT2D eigenvalue weighted by Gasteiger charge is 2.23. The van der Waals surface area contributed by atoms with E-state index in [9.17, 15) is 14.4 Å². The largest absolute Gasteiger partial charge is 0.450 e. The van der Waals surface area contributed by atoms with E-state index in [1.54, 1.807) is 11.8 Å². The maximum atomic E-state index is 11.9. The van der Waals surface area contributed by atoms with Crippen molar-refractivity contribution in [1.29, 1.82) is 0 Å². The van der Waals surface area contributed by atoms with Crippen LogP contribution in [0.15, 0.2) is 5.38 Å². The number of nitrogens with one attached hydrogen (secondary N) is 2. The van der Waals surface area contributed by atoms with E-state index >= 15 is 0 Å². The summed E-state index contributed by atoms with van der Waals surface area (Å²) in [5, 5.41) is 2.58. The molecule has 0 radical (unpaired) electrons. The van der Waals surface area contributed by atoms with Gasteiger partial charge in [0.05, 0.1) is 19.6 Å². The van der Waals surface area contributed by atoms with E-state index in [-0.39, 0.29) is 30.9 Å². The summed E-state index contributed by atoms with van der Waals surface area (Å²) in [7, 11) is 0. The fourth-order valence-corrected chi connectivity index (χ4v) is 3.12. The molecule has 0 spiro atoms. The van der Waals surface area contributed by atoms with E-state index in [1.807, 2.05) is 17.2 Å². The van der Waals surface area contributed by atoms with Gasteiger partial charge in [0.15, 0.2) is 0 Å². The quantitative estimate of drug-likeness (QED) is 0.704. The molecule has 138 valence electrons. The second-order valence-electron chi connectivity index (χ2n) is 5.62. The first kappa shape index (κ1) is 19.1. The Hall–Kier alpha value is -2.20. The van der Waals surface area contributed by atoms with Gasteiger partial charge in [-0.05, 0) is 13.8 Å². The summed E-state index contributed by atoms with van der Waals surface area (Å²) in [5.74, 6) is -0.608. The van der Waals surface area contributed by atoms with Gasteiger partial charge in [0, 0.05) is 37.3 Å². The van der Waals surface area contributed by atoms with Gasteiger partial charge >= 0.3 is 6.09 Å². The Kier molecular flexibility index (Phi) is 7.14. The molecular weight excluding hydrogens is 346 g/mol. The molecule has 9 nitrogen and oxygen atoms in total. The molecule has 1 aliphatic rings. The molecule has 10 heteroatoms. The number of thiazole rings is 1. The molecule has 0 unspecified atom stereocenters. The highest BCUT2D eigenvalue weighted by Crippen LogP contribution is 2.08. The summed E-state index contributed by atoms with van der Waals surface area (Å²) >= 11 is 1.41. The summed E-state index contributed by atoms with van der Waals surface area (Å²) in [6.07, 6.45) is -0.187. The van der Waals surface area contributed by atoms with Crippen molar-refractivity contribution < 1.29 is 19.1 Å². The minimum Gasteiger partial charge on any atom is -0.450 e. The number of hydrogen-bond acceptors (Lipinski definition) is 7. The highest BCUT2D eigenvalue weighted by molar-refractivity contribution is 7.09. The van der Waals surface area contributed by atoms with Gasteiger partial charge in [-0.1, -0.05) is 0 Å². The number of ether oxygens (including phenoxy) is 1. The molecule has 2 rings (SSSR count). The van der Waals surface area contributed by atoms with Crippen LogP contribution in [0, 0.1) is 6.92 Å². The zero-order valence-electron chi connectivity index (χ0n) is 14.4. The number of aryl methyl sites for hydroxylation is 1. The second kappa shape index (κ2) is 9.33. The Morgan fingerprint density at radius 2 is 1.88 bits per heavy atom. The molecular formula is C15H23N5O4S. The summed E-state index contributed by atoms with van der Waals surface area (Å²) in [6.45, 7) is 6.33. The topological polar surface area (TPSA) is 104 Å². The van der Waals surface area contributed by atoms with E-state index in [2.05, 4.69) is 15.8 Å². The summed E-state index contributed by atoms with van der Waals surface area (Å²) in [4.78, 5) is 43.0. The van der Waals surface area contributed by atoms with E-state index < -0.39 is 0 Å². The van der Waals surface area contributed by atoms with Crippen LogP contribution in [0.5, 0.6) is 0 Å². The van der Waals surface area contributed by atoms with Crippen LogP contribution < -0.4 is 10.9 Å². The number of nitrogens with zero attached hydrogens (tertiary/aromatic N) is 3. The van der Waals surface area contributed by atoms with Gasteiger partial charge < -0.3 is 9.64 Å². The van der Waals surface area contributed by atoms with Gasteiger partial charge in [0.1, 0.15) is 5.01 Å². The lowest BCUT2D eigenvalue weighted by Crippen LogP contribution is -2.53. The zero-order chi connectivity index (χ0) is 18.2. The molecule has 1 saturated heterocycles. The summed E-state index contributed by atoms with van der Waals surface area (Å²) in [5.41, 5.74) is 5.67. The molecule has 2 heterocycles. The number of rotatable bonds is 5. The molecule has 1 fully saturated rings. The Balaban J connectivity index is 1.64. The lowest BCUT2D eigenvalue weighted by molar-refractivity contribution is -0.129. The van der Waals surface area contributed by atoms with Crippen molar-refractivity contribution in [2.24, 2.45) is 0 Å². The first-order valence-corrected chi connectivity index (χ1v) is 8.98. The fourth-order valence-electron chi connectivity index (χ4n) is 2.35. The van der Waals surface area contributed by atoms with Crippen LogP contribution in [-0.2, 0) is 20.7 Å². The predicted molar refractivity (Wildman–Crippen MR) is 91.9 cm³/mol. The van der Waals surface area contributed by atoms with Crippen LogP contribution in [0.2, 0.25) is 0 Å². The second-order valence-corrected chi connectivity index (χ2v) is 6.56. The molecule has 25 heavy (non-hydrogen) atoms. The minimum absolute atomic E-state index is 0.136. The van der Waals surface area contributed by atoms with Crippen LogP contribution in [0.25, 0.3) is 0 Å². The molecule has 0 aromatic carbocycles. The van der Waals surface area contributed by atoms with E-state index in [4.69, 9.17) is 4.74 Å².